The zero-order valence-corrected chi connectivity index (χ0v) is 11.3. The molecule has 0 aromatic carbocycles. The van der Waals surface area contributed by atoms with Gasteiger partial charge >= 0.3 is 24.3 Å². The molecule has 1 aliphatic rings. The maximum Gasteiger partial charge on any atom is 0.490 e. The summed E-state index contributed by atoms with van der Waals surface area (Å²) in [6.07, 6.45) is -8.52. The molecule has 0 bridgehead atoms. The van der Waals surface area contributed by atoms with Crippen molar-refractivity contribution in [2.24, 2.45) is 11.8 Å². The SMILES string of the molecule is O=C(OCC1CCC(COC(=O)C(F)(F)F)CC1)C(F)(F)F. The van der Waals surface area contributed by atoms with Gasteiger partial charge in [0.25, 0.3) is 0 Å². The summed E-state index contributed by atoms with van der Waals surface area (Å²) in [4.78, 5) is 21.1. The second-order valence-electron chi connectivity index (χ2n) is 5.08. The van der Waals surface area contributed by atoms with Crippen LogP contribution in [-0.4, -0.2) is 37.5 Å². The lowest BCUT2D eigenvalue weighted by Gasteiger charge is -2.27. The van der Waals surface area contributed by atoms with E-state index in [9.17, 15) is 35.9 Å². The molecule has 22 heavy (non-hydrogen) atoms. The molecule has 1 saturated carbocycles. The summed E-state index contributed by atoms with van der Waals surface area (Å²) in [7, 11) is 0. The highest BCUT2D eigenvalue weighted by atomic mass is 19.4. The number of hydrogen-bond donors (Lipinski definition) is 0. The van der Waals surface area contributed by atoms with Gasteiger partial charge in [0.1, 0.15) is 0 Å². The van der Waals surface area contributed by atoms with E-state index in [1.165, 1.54) is 0 Å². The van der Waals surface area contributed by atoms with Crippen LogP contribution in [0.1, 0.15) is 25.7 Å². The van der Waals surface area contributed by atoms with Crippen LogP contribution >= 0.6 is 0 Å². The van der Waals surface area contributed by atoms with E-state index in [0.29, 0.717) is 25.7 Å². The lowest BCUT2D eigenvalue weighted by atomic mass is 9.83. The van der Waals surface area contributed by atoms with Crippen LogP contribution in [0.4, 0.5) is 26.3 Å². The minimum Gasteiger partial charge on any atom is -0.459 e. The molecule has 1 rings (SSSR count). The Kier molecular flexibility index (Phi) is 6.07. The van der Waals surface area contributed by atoms with Gasteiger partial charge in [0, 0.05) is 0 Å². The number of carbonyl (C=O) groups is 2. The number of carbonyl (C=O) groups excluding carboxylic acids is 2. The zero-order chi connectivity index (χ0) is 17.0. The van der Waals surface area contributed by atoms with Gasteiger partial charge in [-0.2, -0.15) is 26.3 Å². The number of halogens is 6. The molecule has 10 heteroatoms. The molecular weight excluding hydrogens is 322 g/mol. The van der Waals surface area contributed by atoms with Crippen LogP contribution in [0.2, 0.25) is 0 Å². The Morgan fingerprint density at radius 1 is 0.727 bits per heavy atom. The molecule has 0 aromatic rings. The fraction of sp³-hybridized carbons (Fsp3) is 0.833. The summed E-state index contributed by atoms with van der Waals surface area (Å²) in [5, 5.41) is 0. The number of esters is 2. The molecular formula is C12H14F6O4. The standard InChI is InChI=1S/C12H14F6O4/c13-11(14,15)9(19)21-5-7-1-2-8(4-3-7)6-22-10(20)12(16,17)18/h7-8H,1-6H2. The number of ether oxygens (including phenoxy) is 2. The smallest absolute Gasteiger partial charge is 0.459 e. The lowest BCUT2D eigenvalue weighted by Crippen LogP contribution is -2.30. The number of rotatable bonds is 4. The van der Waals surface area contributed by atoms with Crippen LogP contribution in [0.5, 0.6) is 0 Å². The second-order valence-corrected chi connectivity index (χ2v) is 5.08. The fourth-order valence-corrected chi connectivity index (χ4v) is 2.12. The van der Waals surface area contributed by atoms with Crippen molar-refractivity contribution < 1.29 is 45.4 Å². The lowest BCUT2D eigenvalue weighted by molar-refractivity contribution is -0.202. The molecule has 0 atom stereocenters. The predicted molar refractivity (Wildman–Crippen MR) is 59.5 cm³/mol. The predicted octanol–water partition coefficient (Wildman–Crippen LogP) is 3.00. The number of hydrogen-bond acceptors (Lipinski definition) is 4. The molecule has 0 aromatic heterocycles. The van der Waals surface area contributed by atoms with E-state index in [1.807, 2.05) is 0 Å². The Morgan fingerprint density at radius 3 is 1.23 bits per heavy atom. The summed E-state index contributed by atoms with van der Waals surface area (Å²) in [6.45, 7) is -0.763. The van der Waals surface area contributed by atoms with Gasteiger partial charge in [-0.05, 0) is 37.5 Å². The highest BCUT2D eigenvalue weighted by Gasteiger charge is 2.42. The summed E-state index contributed by atoms with van der Waals surface area (Å²) < 4.78 is 79.8. The van der Waals surface area contributed by atoms with E-state index >= 15 is 0 Å². The van der Waals surface area contributed by atoms with Crippen molar-refractivity contribution in [1.29, 1.82) is 0 Å². The van der Waals surface area contributed by atoms with Gasteiger partial charge in [-0.1, -0.05) is 0 Å². The van der Waals surface area contributed by atoms with Gasteiger partial charge in [0.15, 0.2) is 0 Å². The summed E-state index contributed by atoms with van der Waals surface area (Å²) in [6, 6.07) is 0. The first-order valence-electron chi connectivity index (χ1n) is 6.48. The average Bonchev–Trinajstić information content (AvgIpc) is 2.41. The van der Waals surface area contributed by atoms with Crippen molar-refractivity contribution in [2.45, 2.75) is 38.0 Å². The Bertz CT molecular complexity index is 357. The Hall–Kier alpha value is -1.48. The van der Waals surface area contributed by atoms with E-state index in [2.05, 4.69) is 9.47 Å². The molecule has 0 radical (unpaired) electrons. The normalized spacial score (nSPS) is 23.0. The van der Waals surface area contributed by atoms with E-state index < -0.39 is 24.3 Å². The summed E-state index contributed by atoms with van der Waals surface area (Å²) in [5.41, 5.74) is 0. The third kappa shape index (κ3) is 6.10. The molecule has 4 nitrogen and oxygen atoms in total. The third-order valence-corrected chi connectivity index (χ3v) is 3.33. The van der Waals surface area contributed by atoms with E-state index in [0.717, 1.165) is 0 Å². The molecule has 128 valence electrons. The highest BCUT2D eigenvalue weighted by molar-refractivity contribution is 5.75. The first-order chi connectivity index (χ1) is 10.00. The van der Waals surface area contributed by atoms with E-state index in [1.54, 1.807) is 0 Å². The first-order valence-corrected chi connectivity index (χ1v) is 6.48. The van der Waals surface area contributed by atoms with Crippen LogP contribution < -0.4 is 0 Å². The molecule has 1 aliphatic carbocycles. The van der Waals surface area contributed by atoms with Gasteiger partial charge in [0.2, 0.25) is 0 Å². The van der Waals surface area contributed by atoms with Crippen LogP contribution in [0.25, 0.3) is 0 Å². The summed E-state index contributed by atoms with van der Waals surface area (Å²) >= 11 is 0. The van der Waals surface area contributed by atoms with Gasteiger partial charge in [-0.3, -0.25) is 0 Å². The maximum absolute atomic E-state index is 11.9. The van der Waals surface area contributed by atoms with Crippen molar-refractivity contribution in [3.8, 4) is 0 Å². The van der Waals surface area contributed by atoms with Crippen molar-refractivity contribution in [3.63, 3.8) is 0 Å². The van der Waals surface area contributed by atoms with Gasteiger partial charge < -0.3 is 9.47 Å². The molecule has 0 unspecified atom stereocenters. The van der Waals surface area contributed by atoms with Crippen LogP contribution in [0, 0.1) is 11.8 Å². The monoisotopic (exact) mass is 336 g/mol. The molecule has 0 N–H and O–H groups in total. The minimum absolute atomic E-state index is 0.277. The molecule has 0 saturated heterocycles. The van der Waals surface area contributed by atoms with Crippen LogP contribution in [0.15, 0.2) is 0 Å². The second kappa shape index (κ2) is 7.19. The van der Waals surface area contributed by atoms with Crippen molar-refractivity contribution >= 4 is 11.9 Å². The molecule has 0 amide bonds. The van der Waals surface area contributed by atoms with E-state index in [4.69, 9.17) is 0 Å². The molecule has 0 heterocycles. The molecule has 1 fully saturated rings. The fourth-order valence-electron chi connectivity index (χ4n) is 2.12. The minimum atomic E-state index is -5.04. The Labute approximate surface area is 121 Å². The van der Waals surface area contributed by atoms with Gasteiger partial charge in [-0.15, -0.1) is 0 Å². The number of alkyl halides is 6. The largest absolute Gasteiger partial charge is 0.490 e. The Morgan fingerprint density at radius 2 is 1.00 bits per heavy atom. The first kappa shape index (κ1) is 18.6. The topological polar surface area (TPSA) is 52.6 Å². The van der Waals surface area contributed by atoms with Crippen LogP contribution in [-0.2, 0) is 19.1 Å². The zero-order valence-electron chi connectivity index (χ0n) is 11.3. The summed E-state index contributed by atoms with van der Waals surface area (Å²) in [5.74, 6) is -5.07. The average molecular weight is 336 g/mol. The molecule has 0 spiro atoms. The van der Waals surface area contributed by atoms with Crippen molar-refractivity contribution in [3.05, 3.63) is 0 Å². The van der Waals surface area contributed by atoms with Crippen molar-refractivity contribution in [1.82, 2.24) is 0 Å². The highest BCUT2D eigenvalue weighted by Crippen LogP contribution is 2.30. The van der Waals surface area contributed by atoms with E-state index in [-0.39, 0.29) is 25.0 Å². The van der Waals surface area contributed by atoms with Crippen molar-refractivity contribution in [2.75, 3.05) is 13.2 Å². The molecule has 0 aliphatic heterocycles. The van der Waals surface area contributed by atoms with Gasteiger partial charge in [-0.25, -0.2) is 9.59 Å². The third-order valence-electron chi connectivity index (χ3n) is 3.33. The van der Waals surface area contributed by atoms with Gasteiger partial charge in [0.05, 0.1) is 13.2 Å². The Balaban J connectivity index is 2.24. The van der Waals surface area contributed by atoms with Crippen LogP contribution in [0.3, 0.4) is 0 Å². The quantitative estimate of drug-likeness (QED) is 0.585. The maximum atomic E-state index is 11.9.